The molecule has 0 N–H and O–H groups in total. The van der Waals surface area contributed by atoms with Crippen LogP contribution in [0.3, 0.4) is 0 Å². The molecule has 156 valence electrons. The minimum atomic E-state index is 0.202. The summed E-state index contributed by atoms with van der Waals surface area (Å²) >= 11 is 3.28. The lowest BCUT2D eigenvalue weighted by atomic mass is 9.79. The lowest BCUT2D eigenvalue weighted by molar-refractivity contribution is 0.388. The van der Waals surface area contributed by atoms with Crippen molar-refractivity contribution in [2.75, 3.05) is 7.11 Å². The number of allylic oxidation sites excluding steroid dienone is 1. The maximum absolute atomic E-state index is 5.24. The Hall–Kier alpha value is -2.05. The summed E-state index contributed by atoms with van der Waals surface area (Å²) in [5.41, 5.74) is 4.92. The number of ether oxygens (including phenoxy) is 1. The second kappa shape index (κ2) is 8.98. The van der Waals surface area contributed by atoms with Crippen LogP contribution in [0.25, 0.3) is 0 Å². The Labute approximate surface area is 187 Å². The third-order valence-corrected chi connectivity index (χ3v) is 7.91. The summed E-state index contributed by atoms with van der Waals surface area (Å²) in [5.74, 6) is 0.578. The second-order valence-corrected chi connectivity index (χ2v) is 9.96. The van der Waals surface area contributed by atoms with E-state index < -0.39 is 0 Å². The summed E-state index contributed by atoms with van der Waals surface area (Å²) in [7, 11) is 1.62. The molecule has 2 aliphatic rings. The first kappa shape index (κ1) is 21.2. The van der Waals surface area contributed by atoms with Gasteiger partial charge in [-0.05, 0) is 60.6 Å². The predicted molar refractivity (Wildman–Crippen MR) is 128 cm³/mol. The summed E-state index contributed by atoms with van der Waals surface area (Å²) in [6.07, 6.45) is 7.71. The molecule has 2 fully saturated rings. The van der Waals surface area contributed by atoms with Gasteiger partial charge in [0.15, 0.2) is 5.16 Å². The number of hydrogen-bond acceptors (Lipinski definition) is 6. The van der Waals surface area contributed by atoms with E-state index in [1.165, 1.54) is 59.1 Å². The first-order chi connectivity index (χ1) is 14.5. The largest absolute Gasteiger partial charge is 0.481 e. The number of aromatic nitrogens is 2. The molecule has 0 radical (unpaired) electrons. The molecule has 6 heteroatoms. The molecule has 2 aromatic rings. The average molecular weight is 438 g/mol. The van der Waals surface area contributed by atoms with Gasteiger partial charge in [-0.1, -0.05) is 60.6 Å². The van der Waals surface area contributed by atoms with E-state index in [1.807, 2.05) is 0 Å². The van der Waals surface area contributed by atoms with Crippen LogP contribution in [-0.2, 0) is 0 Å². The number of hydrogen-bond donors (Lipinski definition) is 0. The Kier molecular flexibility index (Phi) is 6.34. The van der Waals surface area contributed by atoms with Crippen molar-refractivity contribution in [3.8, 4) is 5.88 Å². The SMILES string of the molecule is C=C1SC(=N\c2ccc(C)cc2C)/C(=C/Sc2nccc(OC)n2)CC12CCCC2. The monoisotopic (exact) mass is 437 g/mol. The van der Waals surface area contributed by atoms with Crippen LogP contribution in [0.5, 0.6) is 5.88 Å². The van der Waals surface area contributed by atoms with E-state index in [4.69, 9.17) is 9.73 Å². The van der Waals surface area contributed by atoms with Crippen LogP contribution in [0, 0.1) is 19.3 Å². The highest BCUT2D eigenvalue weighted by Gasteiger charge is 2.42. The van der Waals surface area contributed by atoms with E-state index in [1.54, 1.807) is 31.1 Å². The topological polar surface area (TPSA) is 47.4 Å². The van der Waals surface area contributed by atoms with Gasteiger partial charge < -0.3 is 4.74 Å². The van der Waals surface area contributed by atoms with Crippen molar-refractivity contribution in [2.45, 2.75) is 51.1 Å². The highest BCUT2D eigenvalue weighted by molar-refractivity contribution is 8.17. The van der Waals surface area contributed by atoms with Gasteiger partial charge in [0.05, 0.1) is 12.8 Å². The van der Waals surface area contributed by atoms with Crippen LogP contribution in [0.2, 0.25) is 0 Å². The smallest absolute Gasteiger partial charge is 0.217 e. The first-order valence-corrected chi connectivity index (χ1v) is 11.9. The van der Waals surface area contributed by atoms with Gasteiger partial charge in [0.1, 0.15) is 5.04 Å². The molecule has 1 aliphatic carbocycles. The Balaban J connectivity index is 1.69. The minimum absolute atomic E-state index is 0.202. The van der Waals surface area contributed by atoms with Crippen molar-refractivity contribution < 1.29 is 4.74 Å². The van der Waals surface area contributed by atoms with E-state index in [2.05, 4.69) is 54.0 Å². The molecule has 2 heterocycles. The normalized spacial score (nSPS) is 21.0. The second-order valence-electron chi connectivity index (χ2n) is 8.04. The molecule has 30 heavy (non-hydrogen) atoms. The van der Waals surface area contributed by atoms with Crippen LogP contribution in [0.15, 0.2) is 63.1 Å². The quantitative estimate of drug-likeness (QED) is 0.380. The first-order valence-electron chi connectivity index (χ1n) is 10.3. The molecule has 0 atom stereocenters. The minimum Gasteiger partial charge on any atom is -0.481 e. The van der Waals surface area contributed by atoms with Crippen LogP contribution in [0.1, 0.15) is 43.2 Å². The molecule has 1 saturated heterocycles. The van der Waals surface area contributed by atoms with Crippen molar-refractivity contribution in [3.63, 3.8) is 0 Å². The molecule has 4 nitrogen and oxygen atoms in total. The standard InChI is InChI=1S/C24H27N3OS2/c1-16-7-8-20(17(2)13-16)26-22-19(14-24(18(3)30-22)10-5-6-11-24)15-29-23-25-12-9-21(27-23)28-4/h7-9,12-13,15H,3,5-6,10-11,14H2,1-2,4H3/b19-15+,26-22-. The van der Waals surface area contributed by atoms with Gasteiger partial charge >= 0.3 is 0 Å². The molecule has 1 saturated carbocycles. The van der Waals surface area contributed by atoms with Gasteiger partial charge in [-0.2, -0.15) is 4.98 Å². The number of nitrogens with zero attached hydrogens (tertiary/aromatic N) is 3. The summed E-state index contributed by atoms with van der Waals surface area (Å²) in [6.45, 7) is 8.69. The average Bonchev–Trinajstić information content (AvgIpc) is 3.21. The Morgan fingerprint density at radius 1 is 1.23 bits per heavy atom. The number of methoxy groups -OCH3 is 1. The molecule has 0 amide bonds. The number of aryl methyl sites for hydroxylation is 2. The molecule has 1 aliphatic heterocycles. The van der Waals surface area contributed by atoms with E-state index in [9.17, 15) is 0 Å². The number of aliphatic imine (C=N–C) groups is 1. The fourth-order valence-electron chi connectivity index (χ4n) is 4.18. The van der Waals surface area contributed by atoms with Crippen LogP contribution < -0.4 is 4.74 Å². The van der Waals surface area contributed by atoms with Gasteiger partial charge in [0.25, 0.3) is 0 Å². The fraction of sp³-hybridized carbons (Fsp3) is 0.375. The molecule has 4 rings (SSSR count). The van der Waals surface area contributed by atoms with Gasteiger partial charge in [-0.25, -0.2) is 9.98 Å². The van der Waals surface area contributed by atoms with E-state index in [-0.39, 0.29) is 5.41 Å². The van der Waals surface area contributed by atoms with E-state index in [0.717, 1.165) is 17.2 Å². The summed E-state index contributed by atoms with van der Waals surface area (Å²) < 4.78 is 5.24. The fourth-order valence-corrected chi connectivity index (χ4v) is 6.10. The number of benzene rings is 1. The third-order valence-electron chi connectivity index (χ3n) is 5.87. The third kappa shape index (κ3) is 4.49. The number of rotatable bonds is 4. The zero-order valence-electron chi connectivity index (χ0n) is 17.8. The highest BCUT2D eigenvalue weighted by Crippen LogP contribution is 2.56. The molecule has 1 aromatic heterocycles. The predicted octanol–water partition coefficient (Wildman–Crippen LogP) is 7.02. The molecule has 0 bridgehead atoms. The lowest BCUT2D eigenvalue weighted by Crippen LogP contribution is -2.25. The van der Waals surface area contributed by atoms with Crippen LogP contribution >= 0.6 is 23.5 Å². The Bertz CT molecular complexity index is 1020. The Morgan fingerprint density at radius 2 is 2.03 bits per heavy atom. The van der Waals surface area contributed by atoms with Crippen molar-refractivity contribution in [1.82, 2.24) is 9.97 Å². The van der Waals surface area contributed by atoms with E-state index >= 15 is 0 Å². The van der Waals surface area contributed by atoms with Crippen LogP contribution in [-0.4, -0.2) is 22.1 Å². The van der Waals surface area contributed by atoms with Crippen molar-refractivity contribution in [2.24, 2.45) is 10.4 Å². The lowest BCUT2D eigenvalue weighted by Gasteiger charge is -2.37. The zero-order valence-corrected chi connectivity index (χ0v) is 19.4. The summed E-state index contributed by atoms with van der Waals surface area (Å²) in [5, 5.41) is 3.90. The van der Waals surface area contributed by atoms with E-state index in [0.29, 0.717) is 11.0 Å². The van der Waals surface area contributed by atoms with Gasteiger partial charge in [0, 0.05) is 17.7 Å². The Morgan fingerprint density at radius 3 is 2.77 bits per heavy atom. The maximum atomic E-state index is 5.24. The summed E-state index contributed by atoms with van der Waals surface area (Å²) in [4.78, 5) is 15.1. The molecule has 1 spiro atoms. The van der Waals surface area contributed by atoms with Gasteiger partial charge in [0.2, 0.25) is 5.88 Å². The molecular formula is C24H27N3OS2. The van der Waals surface area contributed by atoms with Crippen molar-refractivity contribution >= 4 is 34.3 Å². The van der Waals surface area contributed by atoms with Crippen molar-refractivity contribution in [3.05, 3.63) is 64.1 Å². The molecule has 0 unspecified atom stereocenters. The van der Waals surface area contributed by atoms with Crippen molar-refractivity contribution in [1.29, 1.82) is 0 Å². The highest BCUT2D eigenvalue weighted by atomic mass is 32.2. The maximum Gasteiger partial charge on any atom is 0.217 e. The molecule has 1 aromatic carbocycles. The zero-order chi connectivity index (χ0) is 21.1. The van der Waals surface area contributed by atoms with Crippen LogP contribution in [0.4, 0.5) is 5.69 Å². The molecular weight excluding hydrogens is 410 g/mol. The van der Waals surface area contributed by atoms with Gasteiger partial charge in [-0.3, -0.25) is 0 Å². The number of thioether (sulfide) groups is 2. The summed E-state index contributed by atoms with van der Waals surface area (Å²) in [6, 6.07) is 8.17. The van der Waals surface area contributed by atoms with Gasteiger partial charge in [-0.15, -0.1) is 0 Å².